The lowest BCUT2D eigenvalue weighted by Crippen LogP contribution is -2.42. The molecule has 1 unspecified atom stereocenters. The fraction of sp³-hybridized carbons (Fsp3) is 0.533. The Balaban J connectivity index is 2.37. The Morgan fingerprint density at radius 2 is 2.19 bits per heavy atom. The quantitative estimate of drug-likeness (QED) is 0.769. The van der Waals surface area contributed by atoms with E-state index < -0.39 is 5.60 Å². The van der Waals surface area contributed by atoms with E-state index in [2.05, 4.69) is 5.32 Å². The van der Waals surface area contributed by atoms with Crippen molar-refractivity contribution in [2.75, 3.05) is 26.9 Å². The van der Waals surface area contributed by atoms with Crippen molar-refractivity contribution in [2.24, 2.45) is 0 Å². The number of carbonyl (C=O) groups excluding carboxylic acids is 1. The molecule has 0 bridgehead atoms. The molecule has 1 aromatic rings. The van der Waals surface area contributed by atoms with E-state index in [1.54, 1.807) is 32.2 Å². The summed E-state index contributed by atoms with van der Waals surface area (Å²) in [5.41, 5.74) is -0.135. The molecule has 0 aromatic heterocycles. The molecule has 0 saturated carbocycles. The number of carbonyl (C=O) groups is 1. The van der Waals surface area contributed by atoms with Crippen molar-refractivity contribution >= 4 is 17.5 Å². The van der Waals surface area contributed by atoms with Crippen LogP contribution < -0.4 is 10.1 Å². The largest absolute Gasteiger partial charge is 0.484 e. The van der Waals surface area contributed by atoms with Crippen molar-refractivity contribution < 1.29 is 19.4 Å². The Morgan fingerprint density at radius 1 is 1.48 bits per heavy atom. The molecule has 1 rings (SSSR count). The van der Waals surface area contributed by atoms with E-state index in [0.29, 0.717) is 23.8 Å². The molecular weight excluding hydrogens is 294 g/mol. The molecule has 6 heteroatoms. The molecular formula is C15H22ClNO4. The number of ether oxygens (including phenoxy) is 2. The predicted molar refractivity (Wildman–Crippen MR) is 81.8 cm³/mol. The monoisotopic (exact) mass is 315 g/mol. The van der Waals surface area contributed by atoms with E-state index in [0.717, 1.165) is 5.56 Å². The molecule has 2 N–H and O–H groups in total. The molecule has 0 aliphatic heterocycles. The maximum absolute atomic E-state index is 11.7. The zero-order valence-electron chi connectivity index (χ0n) is 12.6. The number of rotatable bonds is 8. The van der Waals surface area contributed by atoms with Gasteiger partial charge in [-0.2, -0.15) is 0 Å². The highest BCUT2D eigenvalue weighted by atomic mass is 35.5. The average Bonchev–Trinajstić information content (AvgIpc) is 2.42. The molecule has 1 aromatic carbocycles. The highest BCUT2D eigenvalue weighted by Gasteiger charge is 2.20. The van der Waals surface area contributed by atoms with E-state index in [-0.39, 0.29) is 19.1 Å². The Hall–Kier alpha value is -1.30. The van der Waals surface area contributed by atoms with Gasteiger partial charge in [0.2, 0.25) is 0 Å². The van der Waals surface area contributed by atoms with Crippen molar-refractivity contribution in [1.29, 1.82) is 0 Å². The molecule has 21 heavy (non-hydrogen) atoms. The molecule has 0 spiro atoms. The molecule has 0 saturated heterocycles. The van der Waals surface area contributed by atoms with Gasteiger partial charge in [0.15, 0.2) is 6.61 Å². The van der Waals surface area contributed by atoms with Crippen LogP contribution in [0.1, 0.15) is 18.9 Å². The number of benzene rings is 1. The lowest BCUT2D eigenvalue weighted by molar-refractivity contribution is -0.124. The second kappa shape index (κ2) is 8.22. The van der Waals surface area contributed by atoms with E-state index in [9.17, 15) is 9.90 Å². The lowest BCUT2D eigenvalue weighted by Gasteiger charge is -2.23. The normalized spacial score (nSPS) is 13.6. The van der Waals surface area contributed by atoms with Gasteiger partial charge in [0.1, 0.15) is 5.75 Å². The summed E-state index contributed by atoms with van der Waals surface area (Å²) in [4.78, 5) is 11.7. The third-order valence-corrected chi connectivity index (χ3v) is 3.24. The van der Waals surface area contributed by atoms with Gasteiger partial charge in [0.25, 0.3) is 5.91 Å². The van der Waals surface area contributed by atoms with Gasteiger partial charge >= 0.3 is 0 Å². The summed E-state index contributed by atoms with van der Waals surface area (Å²) in [6.07, 6.45) is 0.445. The third kappa shape index (κ3) is 6.80. The fourth-order valence-corrected chi connectivity index (χ4v) is 1.90. The van der Waals surface area contributed by atoms with Crippen LogP contribution in [0.15, 0.2) is 18.2 Å². The predicted octanol–water partition coefficient (Wildman–Crippen LogP) is 1.93. The summed E-state index contributed by atoms with van der Waals surface area (Å²) in [6.45, 7) is 3.98. The van der Waals surface area contributed by atoms with E-state index >= 15 is 0 Å². The first-order valence-corrected chi connectivity index (χ1v) is 7.09. The highest BCUT2D eigenvalue weighted by Crippen LogP contribution is 2.21. The minimum absolute atomic E-state index is 0.108. The zero-order chi connectivity index (χ0) is 15.9. The molecule has 1 amide bonds. The first-order valence-electron chi connectivity index (χ1n) is 6.71. The zero-order valence-corrected chi connectivity index (χ0v) is 13.4. The van der Waals surface area contributed by atoms with Crippen LogP contribution in [0.5, 0.6) is 5.75 Å². The number of hydrogen-bond donors (Lipinski definition) is 2. The van der Waals surface area contributed by atoms with E-state index in [1.165, 1.54) is 0 Å². The summed E-state index contributed by atoms with van der Waals surface area (Å²) < 4.78 is 10.3. The van der Waals surface area contributed by atoms with Crippen molar-refractivity contribution in [2.45, 2.75) is 25.9 Å². The summed E-state index contributed by atoms with van der Waals surface area (Å²) in [6, 6.07) is 5.20. The Kier molecular flexibility index (Phi) is 6.95. The number of methoxy groups -OCH3 is 1. The Morgan fingerprint density at radius 3 is 2.81 bits per heavy atom. The van der Waals surface area contributed by atoms with Gasteiger partial charge in [0.05, 0.1) is 5.60 Å². The van der Waals surface area contributed by atoms with Crippen molar-refractivity contribution in [1.82, 2.24) is 5.32 Å². The van der Waals surface area contributed by atoms with Crippen molar-refractivity contribution in [3.05, 3.63) is 28.8 Å². The smallest absolute Gasteiger partial charge is 0.258 e. The van der Waals surface area contributed by atoms with Crippen LogP contribution in [0.25, 0.3) is 0 Å². The summed E-state index contributed by atoms with van der Waals surface area (Å²) in [5.74, 6) is 0.322. The van der Waals surface area contributed by atoms with Gasteiger partial charge in [-0.05, 0) is 37.6 Å². The summed E-state index contributed by atoms with van der Waals surface area (Å²) in [7, 11) is 1.57. The first-order chi connectivity index (χ1) is 9.84. The van der Waals surface area contributed by atoms with Crippen LogP contribution in [-0.4, -0.2) is 43.5 Å². The lowest BCUT2D eigenvalue weighted by atomic mass is 10.0. The fourth-order valence-electron chi connectivity index (χ4n) is 1.67. The molecule has 0 fully saturated rings. The van der Waals surface area contributed by atoms with Crippen LogP contribution in [0.2, 0.25) is 5.02 Å². The second-order valence-electron chi connectivity index (χ2n) is 5.21. The number of aryl methyl sites for hydroxylation is 1. The van der Waals surface area contributed by atoms with Gasteiger partial charge in [-0.1, -0.05) is 11.6 Å². The minimum Gasteiger partial charge on any atom is -0.484 e. The maximum atomic E-state index is 11.7. The van der Waals surface area contributed by atoms with Gasteiger partial charge in [0, 0.05) is 31.7 Å². The van der Waals surface area contributed by atoms with E-state index in [4.69, 9.17) is 21.1 Å². The van der Waals surface area contributed by atoms with Crippen LogP contribution in [0.4, 0.5) is 0 Å². The second-order valence-corrected chi connectivity index (χ2v) is 5.65. The Labute approximate surface area is 130 Å². The van der Waals surface area contributed by atoms with Gasteiger partial charge in [-0.25, -0.2) is 0 Å². The molecule has 0 aliphatic carbocycles. The standard InChI is InChI=1S/C15H22ClNO4/c1-11-8-12(16)4-5-13(11)21-9-14(18)17-10-15(2,19)6-7-20-3/h4-5,8,19H,6-7,9-10H2,1-3H3,(H,17,18). The summed E-state index contributed by atoms with van der Waals surface area (Å²) >= 11 is 5.85. The van der Waals surface area contributed by atoms with Gasteiger partial charge < -0.3 is 19.9 Å². The van der Waals surface area contributed by atoms with Crippen molar-refractivity contribution in [3.8, 4) is 5.75 Å². The Bertz CT molecular complexity index is 477. The number of aliphatic hydroxyl groups is 1. The minimum atomic E-state index is -0.998. The SMILES string of the molecule is COCCC(C)(O)CNC(=O)COc1ccc(Cl)cc1C. The topological polar surface area (TPSA) is 67.8 Å². The molecule has 1 atom stereocenters. The molecule has 0 aliphatic rings. The third-order valence-electron chi connectivity index (χ3n) is 3.01. The van der Waals surface area contributed by atoms with Gasteiger partial charge in [-0.3, -0.25) is 4.79 Å². The molecule has 5 nitrogen and oxygen atoms in total. The van der Waals surface area contributed by atoms with E-state index in [1.807, 2.05) is 6.92 Å². The molecule has 0 heterocycles. The van der Waals surface area contributed by atoms with Crippen LogP contribution in [-0.2, 0) is 9.53 Å². The highest BCUT2D eigenvalue weighted by molar-refractivity contribution is 6.30. The maximum Gasteiger partial charge on any atom is 0.258 e. The molecule has 118 valence electrons. The first kappa shape index (κ1) is 17.8. The number of nitrogens with one attached hydrogen (secondary N) is 1. The van der Waals surface area contributed by atoms with Gasteiger partial charge in [-0.15, -0.1) is 0 Å². The van der Waals surface area contributed by atoms with Crippen molar-refractivity contribution in [3.63, 3.8) is 0 Å². The summed E-state index contributed by atoms with van der Waals surface area (Å²) in [5, 5.41) is 13.3. The number of amides is 1. The number of hydrogen-bond acceptors (Lipinski definition) is 4. The number of halogens is 1. The van der Waals surface area contributed by atoms with Crippen LogP contribution >= 0.6 is 11.6 Å². The average molecular weight is 316 g/mol. The molecule has 0 radical (unpaired) electrons. The van der Waals surface area contributed by atoms with Crippen LogP contribution in [0.3, 0.4) is 0 Å². The van der Waals surface area contributed by atoms with Crippen LogP contribution in [0, 0.1) is 6.92 Å².